The van der Waals surface area contributed by atoms with E-state index in [-0.39, 0.29) is 11.6 Å². The number of hydrogen-bond donors (Lipinski definition) is 0. The number of anilines is 1. The molecule has 1 amide bonds. The van der Waals surface area contributed by atoms with E-state index in [1.165, 1.54) is 6.07 Å². The second kappa shape index (κ2) is 6.66. The number of rotatable bonds is 3. The summed E-state index contributed by atoms with van der Waals surface area (Å²) in [7, 11) is 0. The molecule has 2 aromatic rings. The van der Waals surface area contributed by atoms with Crippen LogP contribution in [-0.4, -0.2) is 46.9 Å². The van der Waals surface area contributed by atoms with Crippen LogP contribution < -0.4 is 4.90 Å². The minimum Gasteiger partial charge on any atom is -0.368 e. The molecule has 124 valence electrons. The fourth-order valence-electron chi connectivity index (χ4n) is 2.95. The van der Waals surface area contributed by atoms with E-state index in [9.17, 15) is 14.9 Å². The van der Waals surface area contributed by atoms with Crippen LogP contribution in [0.3, 0.4) is 0 Å². The molecule has 0 radical (unpaired) electrons. The predicted octanol–water partition coefficient (Wildman–Crippen LogP) is 2.26. The van der Waals surface area contributed by atoms with E-state index in [4.69, 9.17) is 0 Å². The van der Waals surface area contributed by atoms with Gasteiger partial charge in [0.2, 0.25) is 0 Å². The molecular weight excluding hydrogens is 308 g/mol. The summed E-state index contributed by atoms with van der Waals surface area (Å²) in [6.45, 7) is 4.25. The van der Waals surface area contributed by atoms with Crippen molar-refractivity contribution in [1.82, 2.24) is 9.88 Å². The van der Waals surface area contributed by atoms with E-state index in [1.807, 2.05) is 12.1 Å². The minimum atomic E-state index is -0.451. The van der Waals surface area contributed by atoms with Gasteiger partial charge in [0.15, 0.2) is 0 Å². The fraction of sp³-hybridized carbons (Fsp3) is 0.294. The van der Waals surface area contributed by atoms with Crippen LogP contribution >= 0.6 is 0 Å². The van der Waals surface area contributed by atoms with Gasteiger partial charge < -0.3 is 9.80 Å². The van der Waals surface area contributed by atoms with Crippen LogP contribution in [0.5, 0.6) is 0 Å². The molecule has 0 atom stereocenters. The number of nitro benzene ring substituents is 1. The molecule has 3 rings (SSSR count). The molecule has 1 aliphatic heterocycles. The van der Waals surface area contributed by atoms with Gasteiger partial charge in [-0.2, -0.15) is 0 Å². The maximum atomic E-state index is 12.7. The second-order valence-electron chi connectivity index (χ2n) is 5.69. The highest BCUT2D eigenvalue weighted by Crippen LogP contribution is 2.23. The Morgan fingerprint density at radius 3 is 2.42 bits per heavy atom. The third kappa shape index (κ3) is 3.05. The van der Waals surface area contributed by atoms with Gasteiger partial charge in [-0.1, -0.05) is 6.07 Å². The Labute approximate surface area is 139 Å². The Kier molecular flexibility index (Phi) is 4.41. The zero-order chi connectivity index (χ0) is 17.1. The summed E-state index contributed by atoms with van der Waals surface area (Å²) in [4.78, 5) is 31.3. The van der Waals surface area contributed by atoms with E-state index >= 15 is 0 Å². The maximum Gasteiger partial charge on any atom is 0.273 e. The Morgan fingerprint density at radius 2 is 1.79 bits per heavy atom. The first-order valence-electron chi connectivity index (χ1n) is 7.76. The van der Waals surface area contributed by atoms with Crippen LogP contribution in [0.15, 0.2) is 42.7 Å². The third-order valence-corrected chi connectivity index (χ3v) is 4.33. The number of pyridine rings is 1. The first kappa shape index (κ1) is 15.9. The highest BCUT2D eigenvalue weighted by molar-refractivity contribution is 5.96. The Bertz CT molecular complexity index is 756. The molecule has 0 aliphatic carbocycles. The highest BCUT2D eigenvalue weighted by atomic mass is 16.6. The molecule has 24 heavy (non-hydrogen) atoms. The third-order valence-electron chi connectivity index (χ3n) is 4.33. The number of aromatic nitrogens is 1. The zero-order valence-electron chi connectivity index (χ0n) is 13.4. The Morgan fingerprint density at radius 1 is 1.12 bits per heavy atom. The monoisotopic (exact) mass is 326 g/mol. The molecule has 0 N–H and O–H groups in total. The number of carbonyl (C=O) groups is 1. The lowest BCUT2D eigenvalue weighted by atomic mass is 10.1. The molecule has 0 spiro atoms. The largest absolute Gasteiger partial charge is 0.368 e. The van der Waals surface area contributed by atoms with Gasteiger partial charge in [0.1, 0.15) is 0 Å². The topological polar surface area (TPSA) is 79.6 Å². The average Bonchev–Trinajstić information content (AvgIpc) is 2.62. The van der Waals surface area contributed by atoms with Gasteiger partial charge in [-0.15, -0.1) is 0 Å². The van der Waals surface area contributed by atoms with Crippen LogP contribution in [0.25, 0.3) is 0 Å². The van der Waals surface area contributed by atoms with Crippen molar-refractivity contribution >= 4 is 17.3 Å². The van der Waals surface area contributed by atoms with Gasteiger partial charge in [-0.25, -0.2) is 0 Å². The molecular formula is C17H18N4O3. The normalized spacial score (nSPS) is 14.5. The van der Waals surface area contributed by atoms with Gasteiger partial charge in [-0.05, 0) is 25.1 Å². The highest BCUT2D eigenvalue weighted by Gasteiger charge is 2.25. The van der Waals surface area contributed by atoms with Crippen molar-refractivity contribution in [2.24, 2.45) is 0 Å². The SMILES string of the molecule is Cc1c(C(=O)N2CCN(c3ccncc3)CC2)cccc1[N+](=O)[O-]. The van der Waals surface area contributed by atoms with Gasteiger partial charge >= 0.3 is 0 Å². The minimum absolute atomic E-state index is 0.0173. The molecule has 0 unspecified atom stereocenters. The number of carbonyl (C=O) groups excluding carboxylic acids is 1. The maximum absolute atomic E-state index is 12.7. The number of benzene rings is 1. The van der Waals surface area contributed by atoms with Crippen LogP contribution in [0, 0.1) is 17.0 Å². The summed E-state index contributed by atoms with van der Waals surface area (Å²) >= 11 is 0. The summed E-state index contributed by atoms with van der Waals surface area (Å²) in [6.07, 6.45) is 3.50. The summed E-state index contributed by atoms with van der Waals surface area (Å²) in [5.74, 6) is -0.148. The number of nitrogens with zero attached hydrogens (tertiary/aromatic N) is 4. The number of piperazine rings is 1. The molecule has 1 aromatic carbocycles. The lowest BCUT2D eigenvalue weighted by Crippen LogP contribution is -2.49. The predicted molar refractivity (Wildman–Crippen MR) is 90.2 cm³/mol. The molecule has 7 heteroatoms. The van der Waals surface area contributed by atoms with Gasteiger partial charge in [0.05, 0.1) is 4.92 Å². The van der Waals surface area contributed by atoms with E-state index in [2.05, 4.69) is 9.88 Å². The van der Waals surface area contributed by atoms with E-state index in [1.54, 1.807) is 36.4 Å². The molecule has 1 aliphatic rings. The number of amides is 1. The second-order valence-corrected chi connectivity index (χ2v) is 5.69. The lowest BCUT2D eigenvalue weighted by Gasteiger charge is -2.36. The summed E-state index contributed by atoms with van der Waals surface area (Å²) in [6, 6.07) is 8.53. The van der Waals surface area contributed by atoms with Crippen LogP contribution in [0.1, 0.15) is 15.9 Å². The first-order valence-corrected chi connectivity index (χ1v) is 7.76. The molecule has 1 fully saturated rings. The van der Waals surface area contributed by atoms with E-state index in [0.29, 0.717) is 24.2 Å². The zero-order valence-corrected chi connectivity index (χ0v) is 13.4. The molecule has 1 aromatic heterocycles. The van der Waals surface area contributed by atoms with Gasteiger partial charge in [0.25, 0.3) is 11.6 Å². The van der Waals surface area contributed by atoms with Gasteiger partial charge in [-0.3, -0.25) is 19.9 Å². The van der Waals surface area contributed by atoms with Crippen molar-refractivity contribution < 1.29 is 9.72 Å². The van der Waals surface area contributed by atoms with Crippen molar-refractivity contribution in [3.05, 3.63) is 64.0 Å². The van der Waals surface area contributed by atoms with Crippen LogP contribution in [-0.2, 0) is 0 Å². The first-order chi connectivity index (χ1) is 11.6. The smallest absolute Gasteiger partial charge is 0.273 e. The fourth-order valence-corrected chi connectivity index (χ4v) is 2.95. The summed E-state index contributed by atoms with van der Waals surface area (Å²) in [5.41, 5.74) is 1.89. The summed E-state index contributed by atoms with van der Waals surface area (Å²) in [5, 5.41) is 11.0. The van der Waals surface area contributed by atoms with Crippen molar-refractivity contribution in [3.8, 4) is 0 Å². The van der Waals surface area contributed by atoms with Crippen molar-refractivity contribution in [2.75, 3.05) is 31.1 Å². The van der Waals surface area contributed by atoms with Crippen molar-refractivity contribution in [3.63, 3.8) is 0 Å². The molecule has 0 saturated carbocycles. The lowest BCUT2D eigenvalue weighted by molar-refractivity contribution is -0.385. The van der Waals surface area contributed by atoms with Crippen LogP contribution in [0.2, 0.25) is 0 Å². The molecule has 7 nitrogen and oxygen atoms in total. The van der Waals surface area contributed by atoms with E-state index in [0.717, 1.165) is 18.8 Å². The number of hydrogen-bond acceptors (Lipinski definition) is 5. The molecule has 0 bridgehead atoms. The number of nitro groups is 1. The standard InChI is InChI=1S/C17H18N4O3/c1-13-15(3-2-4-16(13)21(23)24)17(22)20-11-9-19(10-12-20)14-5-7-18-8-6-14/h2-8H,9-12H2,1H3. The van der Waals surface area contributed by atoms with Crippen molar-refractivity contribution in [1.29, 1.82) is 0 Å². The Balaban J connectivity index is 1.72. The average molecular weight is 326 g/mol. The van der Waals surface area contributed by atoms with Gasteiger partial charge in [0, 0.05) is 61.5 Å². The quantitative estimate of drug-likeness (QED) is 0.638. The Hall–Kier alpha value is -2.96. The van der Waals surface area contributed by atoms with Crippen molar-refractivity contribution in [2.45, 2.75) is 6.92 Å². The molecule has 1 saturated heterocycles. The molecule has 2 heterocycles. The van der Waals surface area contributed by atoms with Crippen LogP contribution in [0.4, 0.5) is 11.4 Å². The van der Waals surface area contributed by atoms with E-state index < -0.39 is 4.92 Å². The summed E-state index contributed by atoms with van der Waals surface area (Å²) < 4.78 is 0.